The Morgan fingerprint density at radius 3 is 2.82 bits per heavy atom. The fourth-order valence-corrected chi connectivity index (χ4v) is 2.27. The van der Waals surface area contributed by atoms with E-state index < -0.39 is 48.1 Å². The van der Waals surface area contributed by atoms with Crippen LogP contribution in [0, 0.1) is 11.8 Å². The summed E-state index contributed by atoms with van der Waals surface area (Å²) < 4.78 is 33.2. The zero-order chi connectivity index (χ0) is 16.5. The molecule has 120 valence electrons. The minimum absolute atomic E-state index is 0.680. The van der Waals surface area contributed by atoms with Crippen LogP contribution in [0.1, 0.15) is 13.2 Å². The summed E-state index contributed by atoms with van der Waals surface area (Å²) in [6.07, 6.45) is -5.32. The predicted octanol–water partition coefficient (Wildman–Crippen LogP) is -1.14. The van der Waals surface area contributed by atoms with Gasteiger partial charge in [-0.25, -0.2) is 13.6 Å². The molecule has 0 aliphatic carbocycles. The second-order valence-electron chi connectivity index (χ2n) is 4.86. The molecular formula is C13H14F2N2O5. The molecule has 0 saturated carbocycles. The highest BCUT2D eigenvalue weighted by atomic mass is 19.1. The predicted molar refractivity (Wildman–Crippen MR) is 70.5 cm³/mol. The zero-order valence-electron chi connectivity index (χ0n) is 11.5. The summed E-state index contributed by atoms with van der Waals surface area (Å²) >= 11 is 0. The quantitative estimate of drug-likeness (QED) is 0.598. The van der Waals surface area contributed by atoms with Crippen molar-refractivity contribution >= 4 is 0 Å². The first kappa shape index (κ1) is 16.4. The van der Waals surface area contributed by atoms with Crippen LogP contribution >= 0.6 is 0 Å². The van der Waals surface area contributed by atoms with Crippen molar-refractivity contribution in [3.8, 4) is 11.8 Å². The number of halogens is 2. The normalized spacial score (nSPS) is 32.3. The number of hydrogen-bond acceptors (Lipinski definition) is 5. The Morgan fingerprint density at radius 2 is 2.27 bits per heavy atom. The molecule has 0 amide bonds. The highest BCUT2D eigenvalue weighted by molar-refractivity contribution is 5.23. The van der Waals surface area contributed by atoms with Crippen molar-refractivity contribution in [2.24, 2.45) is 0 Å². The van der Waals surface area contributed by atoms with Gasteiger partial charge in [-0.1, -0.05) is 11.8 Å². The molecule has 7 nitrogen and oxygen atoms in total. The largest absolute Gasteiger partial charge is 0.391 e. The minimum atomic E-state index is -2.82. The number of aromatic amines is 1. The van der Waals surface area contributed by atoms with Gasteiger partial charge in [-0.2, -0.15) is 0 Å². The van der Waals surface area contributed by atoms with E-state index in [0.29, 0.717) is 4.57 Å². The molecule has 2 heterocycles. The van der Waals surface area contributed by atoms with E-state index >= 15 is 4.39 Å². The molecule has 1 saturated heterocycles. The SMILES string of the molecule is C[C@@H](O)[C@H]1O[C@@H](n2ccc(=O)[nH]c2=O)[C@@](F)(C#CCF)C1O. The van der Waals surface area contributed by atoms with Gasteiger partial charge in [-0.15, -0.1) is 0 Å². The Kier molecular flexibility index (Phi) is 4.46. The third kappa shape index (κ3) is 2.68. The summed E-state index contributed by atoms with van der Waals surface area (Å²) in [5.74, 6) is 3.75. The molecular weight excluding hydrogens is 302 g/mol. The van der Waals surface area contributed by atoms with Crippen LogP contribution in [-0.4, -0.2) is 50.4 Å². The molecule has 9 heteroatoms. The van der Waals surface area contributed by atoms with Gasteiger partial charge in [0.15, 0.2) is 6.23 Å². The first-order valence-electron chi connectivity index (χ1n) is 6.39. The van der Waals surface area contributed by atoms with Gasteiger partial charge >= 0.3 is 5.69 Å². The standard InChI is InChI=1S/C13H14F2N2O5/c1-7(18)9-10(20)13(15,4-2-5-14)11(22-9)17-6-3-8(19)16-12(17)21/h3,6-7,9-11,18,20H,5H2,1H3,(H,16,19,21)/t7-,9-,10?,11-,13-/m1/s1. The number of nitrogens with zero attached hydrogens (tertiary/aromatic N) is 1. The van der Waals surface area contributed by atoms with Crippen LogP contribution in [0.2, 0.25) is 0 Å². The van der Waals surface area contributed by atoms with Gasteiger partial charge in [0.05, 0.1) is 6.10 Å². The topological polar surface area (TPSA) is 105 Å². The molecule has 1 aromatic heterocycles. The lowest BCUT2D eigenvalue weighted by molar-refractivity contribution is -0.0803. The van der Waals surface area contributed by atoms with Crippen molar-refractivity contribution < 1.29 is 23.7 Å². The maximum absolute atomic E-state index is 15.1. The Morgan fingerprint density at radius 1 is 1.59 bits per heavy atom. The van der Waals surface area contributed by atoms with E-state index in [9.17, 15) is 24.2 Å². The molecule has 1 aliphatic rings. The lowest BCUT2D eigenvalue weighted by Crippen LogP contribution is -2.46. The number of aromatic nitrogens is 2. The summed E-state index contributed by atoms with van der Waals surface area (Å²) in [6.45, 7) is 0.0971. The van der Waals surface area contributed by atoms with Crippen molar-refractivity contribution in [2.45, 2.75) is 37.1 Å². The van der Waals surface area contributed by atoms with E-state index in [1.807, 2.05) is 16.8 Å². The van der Waals surface area contributed by atoms with Gasteiger partial charge in [0.25, 0.3) is 5.56 Å². The van der Waals surface area contributed by atoms with Crippen LogP contribution in [0.5, 0.6) is 0 Å². The molecule has 0 aromatic carbocycles. The number of ether oxygens (including phenoxy) is 1. The van der Waals surface area contributed by atoms with E-state index in [0.717, 1.165) is 12.3 Å². The first-order valence-corrected chi connectivity index (χ1v) is 6.39. The average Bonchev–Trinajstić information content (AvgIpc) is 2.70. The van der Waals surface area contributed by atoms with E-state index in [2.05, 4.69) is 0 Å². The lowest BCUT2D eigenvalue weighted by Gasteiger charge is -2.24. The van der Waals surface area contributed by atoms with Gasteiger partial charge in [0.1, 0.15) is 18.9 Å². The van der Waals surface area contributed by atoms with E-state index in [4.69, 9.17) is 4.74 Å². The van der Waals surface area contributed by atoms with Crippen LogP contribution in [0.25, 0.3) is 0 Å². The van der Waals surface area contributed by atoms with Gasteiger partial charge in [0.2, 0.25) is 5.67 Å². The van der Waals surface area contributed by atoms with Crippen molar-refractivity contribution in [3.63, 3.8) is 0 Å². The van der Waals surface area contributed by atoms with E-state index in [1.165, 1.54) is 6.92 Å². The van der Waals surface area contributed by atoms with Crippen molar-refractivity contribution in [1.29, 1.82) is 0 Å². The number of hydrogen-bond donors (Lipinski definition) is 3. The summed E-state index contributed by atoms with van der Waals surface area (Å²) in [6, 6.07) is 0.954. The van der Waals surface area contributed by atoms with Crippen LogP contribution in [0.4, 0.5) is 8.78 Å². The summed E-state index contributed by atoms with van der Waals surface area (Å²) in [4.78, 5) is 24.7. The van der Waals surface area contributed by atoms with Gasteiger partial charge in [0, 0.05) is 12.3 Å². The fraction of sp³-hybridized carbons (Fsp3) is 0.538. The maximum Gasteiger partial charge on any atom is 0.330 e. The Balaban J connectivity index is 2.55. The number of aliphatic hydroxyl groups is 2. The first-order chi connectivity index (χ1) is 10.3. The number of rotatable bonds is 2. The third-order valence-corrected chi connectivity index (χ3v) is 3.31. The molecule has 5 atom stereocenters. The monoisotopic (exact) mass is 316 g/mol. The second kappa shape index (κ2) is 6.00. The van der Waals surface area contributed by atoms with Crippen molar-refractivity contribution in [2.75, 3.05) is 6.67 Å². The molecule has 1 aromatic rings. The highest BCUT2D eigenvalue weighted by Gasteiger charge is 2.59. The second-order valence-corrected chi connectivity index (χ2v) is 4.86. The molecule has 1 fully saturated rings. The highest BCUT2D eigenvalue weighted by Crippen LogP contribution is 2.41. The summed E-state index contributed by atoms with van der Waals surface area (Å²) in [5, 5.41) is 19.5. The zero-order valence-corrected chi connectivity index (χ0v) is 11.5. The molecule has 1 unspecified atom stereocenters. The van der Waals surface area contributed by atoms with Gasteiger partial charge in [-0.05, 0) is 6.92 Å². The minimum Gasteiger partial charge on any atom is -0.391 e. The Bertz CT molecular complexity index is 719. The number of H-pyrrole nitrogens is 1. The third-order valence-electron chi connectivity index (χ3n) is 3.31. The van der Waals surface area contributed by atoms with Crippen molar-refractivity contribution in [1.82, 2.24) is 9.55 Å². The van der Waals surface area contributed by atoms with E-state index in [1.54, 1.807) is 0 Å². The molecule has 22 heavy (non-hydrogen) atoms. The van der Waals surface area contributed by atoms with Crippen LogP contribution in [-0.2, 0) is 4.74 Å². The van der Waals surface area contributed by atoms with Gasteiger partial charge < -0.3 is 14.9 Å². The Hall–Kier alpha value is -2.02. The molecule has 1 aliphatic heterocycles. The number of aliphatic hydroxyl groups excluding tert-OH is 2. The fourth-order valence-electron chi connectivity index (χ4n) is 2.27. The van der Waals surface area contributed by atoms with Gasteiger partial charge in [-0.3, -0.25) is 14.3 Å². The number of alkyl halides is 2. The van der Waals surface area contributed by atoms with E-state index in [-0.39, 0.29) is 0 Å². The van der Waals surface area contributed by atoms with Crippen molar-refractivity contribution in [3.05, 3.63) is 33.1 Å². The molecule has 3 N–H and O–H groups in total. The summed E-state index contributed by atoms with van der Waals surface area (Å²) in [7, 11) is 0. The van der Waals surface area contributed by atoms with Crippen LogP contribution in [0.15, 0.2) is 21.9 Å². The molecule has 0 bridgehead atoms. The Labute approximate surface area is 123 Å². The molecule has 0 spiro atoms. The van der Waals surface area contributed by atoms with Crippen LogP contribution < -0.4 is 11.2 Å². The average molecular weight is 316 g/mol. The summed E-state index contributed by atoms with van der Waals surface area (Å²) in [5.41, 5.74) is -4.51. The van der Waals surface area contributed by atoms with Crippen LogP contribution in [0.3, 0.4) is 0 Å². The lowest BCUT2D eigenvalue weighted by atomic mass is 9.94. The molecule has 0 radical (unpaired) electrons. The number of nitrogens with one attached hydrogen (secondary N) is 1. The molecule has 2 rings (SSSR count). The smallest absolute Gasteiger partial charge is 0.330 e. The maximum atomic E-state index is 15.1.